The maximum atomic E-state index is 13.1. The molecule has 0 bridgehead atoms. The van der Waals surface area contributed by atoms with Crippen LogP contribution in [0.4, 0.5) is 15.1 Å². The van der Waals surface area contributed by atoms with Gasteiger partial charge in [0, 0.05) is 30.8 Å². The van der Waals surface area contributed by atoms with Gasteiger partial charge in [-0.1, -0.05) is 10.6 Å². The SMILES string of the molecule is CCNc1snnc1CN(C)c1cccc(F)c1. The maximum absolute atomic E-state index is 13.1. The summed E-state index contributed by atoms with van der Waals surface area (Å²) in [7, 11) is 1.91. The fourth-order valence-corrected chi connectivity index (χ4v) is 2.28. The van der Waals surface area contributed by atoms with Crippen LogP contribution in [-0.2, 0) is 6.54 Å². The highest BCUT2D eigenvalue weighted by atomic mass is 32.1. The molecule has 1 aromatic heterocycles. The molecule has 2 aromatic rings. The Morgan fingerprint density at radius 2 is 2.28 bits per heavy atom. The van der Waals surface area contributed by atoms with Crippen molar-refractivity contribution in [3.63, 3.8) is 0 Å². The van der Waals surface area contributed by atoms with E-state index in [1.807, 2.05) is 24.9 Å². The predicted molar refractivity (Wildman–Crippen MR) is 72.6 cm³/mol. The van der Waals surface area contributed by atoms with Crippen LogP contribution in [0.3, 0.4) is 0 Å². The first kappa shape index (κ1) is 12.8. The van der Waals surface area contributed by atoms with Crippen LogP contribution >= 0.6 is 11.5 Å². The molecule has 0 aliphatic rings. The number of halogens is 1. The van der Waals surface area contributed by atoms with Gasteiger partial charge in [0.1, 0.15) is 16.5 Å². The predicted octanol–water partition coefficient (Wildman–Crippen LogP) is 2.75. The summed E-state index contributed by atoms with van der Waals surface area (Å²) in [6.45, 7) is 3.46. The van der Waals surface area contributed by atoms with Crippen molar-refractivity contribution in [2.45, 2.75) is 13.5 Å². The zero-order valence-corrected chi connectivity index (χ0v) is 11.2. The van der Waals surface area contributed by atoms with E-state index in [1.54, 1.807) is 6.07 Å². The van der Waals surface area contributed by atoms with E-state index in [1.165, 1.54) is 23.7 Å². The van der Waals surface area contributed by atoms with Crippen LogP contribution in [0.15, 0.2) is 24.3 Å². The molecule has 18 heavy (non-hydrogen) atoms. The second-order valence-electron chi connectivity index (χ2n) is 3.92. The Morgan fingerprint density at radius 1 is 1.44 bits per heavy atom. The van der Waals surface area contributed by atoms with Crippen LogP contribution < -0.4 is 10.2 Å². The maximum Gasteiger partial charge on any atom is 0.135 e. The minimum Gasteiger partial charge on any atom is -0.374 e. The second kappa shape index (κ2) is 5.77. The van der Waals surface area contributed by atoms with Crippen LogP contribution in [0.1, 0.15) is 12.6 Å². The van der Waals surface area contributed by atoms with Crippen LogP contribution in [-0.4, -0.2) is 23.2 Å². The molecule has 6 heteroatoms. The molecule has 0 atom stereocenters. The number of hydrogen-bond acceptors (Lipinski definition) is 5. The fourth-order valence-electron chi connectivity index (χ4n) is 1.64. The zero-order valence-electron chi connectivity index (χ0n) is 10.4. The standard InChI is InChI=1S/C12H15FN4S/c1-3-14-12-11(15-16-18-12)8-17(2)10-6-4-5-9(13)7-10/h4-7,14H,3,8H2,1-2H3. The van der Waals surface area contributed by atoms with Gasteiger partial charge < -0.3 is 10.2 Å². The number of hydrogen-bond donors (Lipinski definition) is 1. The molecule has 1 aromatic carbocycles. The van der Waals surface area contributed by atoms with E-state index in [0.717, 1.165) is 22.9 Å². The Balaban J connectivity index is 2.11. The molecule has 1 heterocycles. The topological polar surface area (TPSA) is 41.1 Å². The van der Waals surface area contributed by atoms with Crippen LogP contribution in [0.25, 0.3) is 0 Å². The van der Waals surface area contributed by atoms with Crippen molar-refractivity contribution in [3.05, 3.63) is 35.8 Å². The summed E-state index contributed by atoms with van der Waals surface area (Å²) in [6.07, 6.45) is 0. The van der Waals surface area contributed by atoms with E-state index in [4.69, 9.17) is 0 Å². The number of nitrogens with one attached hydrogen (secondary N) is 1. The molecule has 96 valence electrons. The molecule has 0 fully saturated rings. The van der Waals surface area contributed by atoms with Gasteiger partial charge in [0.2, 0.25) is 0 Å². The van der Waals surface area contributed by atoms with E-state index in [-0.39, 0.29) is 5.82 Å². The Morgan fingerprint density at radius 3 is 3.00 bits per heavy atom. The lowest BCUT2D eigenvalue weighted by molar-refractivity contribution is 0.627. The molecular weight excluding hydrogens is 251 g/mol. The molecule has 2 rings (SSSR count). The van der Waals surface area contributed by atoms with E-state index >= 15 is 0 Å². The molecule has 0 radical (unpaired) electrons. The Bertz CT molecular complexity index is 514. The first-order valence-electron chi connectivity index (χ1n) is 5.72. The highest BCUT2D eigenvalue weighted by molar-refractivity contribution is 7.10. The molecule has 0 aliphatic carbocycles. The molecule has 1 N–H and O–H groups in total. The van der Waals surface area contributed by atoms with Crippen molar-refractivity contribution in [1.29, 1.82) is 0 Å². The summed E-state index contributed by atoms with van der Waals surface area (Å²) in [4.78, 5) is 1.95. The van der Waals surface area contributed by atoms with Crippen LogP contribution in [0.5, 0.6) is 0 Å². The van der Waals surface area contributed by atoms with Crippen LogP contribution in [0.2, 0.25) is 0 Å². The largest absolute Gasteiger partial charge is 0.374 e. The normalized spacial score (nSPS) is 10.4. The lowest BCUT2D eigenvalue weighted by Crippen LogP contribution is -2.17. The Kier molecular flexibility index (Phi) is 4.09. The molecule has 0 saturated carbocycles. The Labute approximate surface area is 110 Å². The van der Waals surface area contributed by atoms with Crippen LogP contribution in [0, 0.1) is 5.82 Å². The number of benzene rings is 1. The molecule has 0 unspecified atom stereocenters. The summed E-state index contributed by atoms with van der Waals surface area (Å²) in [5, 5.41) is 8.28. The fraction of sp³-hybridized carbons (Fsp3) is 0.333. The number of rotatable bonds is 5. The first-order valence-corrected chi connectivity index (χ1v) is 6.50. The van der Waals surface area contributed by atoms with Crippen molar-refractivity contribution in [2.75, 3.05) is 23.8 Å². The lowest BCUT2D eigenvalue weighted by atomic mass is 10.3. The third kappa shape index (κ3) is 2.95. The average molecular weight is 266 g/mol. The summed E-state index contributed by atoms with van der Waals surface area (Å²) >= 11 is 1.34. The van der Waals surface area contributed by atoms with Crippen molar-refractivity contribution in [2.24, 2.45) is 0 Å². The minimum absolute atomic E-state index is 0.234. The van der Waals surface area contributed by atoms with Crippen molar-refractivity contribution in [3.8, 4) is 0 Å². The van der Waals surface area contributed by atoms with Gasteiger partial charge in [-0.05, 0) is 25.1 Å². The van der Waals surface area contributed by atoms with Gasteiger partial charge in [-0.25, -0.2) is 4.39 Å². The molecule has 0 saturated heterocycles. The summed E-state index contributed by atoms with van der Waals surface area (Å²) in [5.74, 6) is -0.234. The zero-order chi connectivity index (χ0) is 13.0. The van der Waals surface area contributed by atoms with Gasteiger partial charge in [0.25, 0.3) is 0 Å². The van der Waals surface area contributed by atoms with E-state index in [0.29, 0.717) is 6.54 Å². The van der Waals surface area contributed by atoms with Gasteiger partial charge in [-0.2, -0.15) is 0 Å². The van der Waals surface area contributed by atoms with Crippen molar-refractivity contribution < 1.29 is 4.39 Å². The van der Waals surface area contributed by atoms with Crippen molar-refractivity contribution in [1.82, 2.24) is 9.59 Å². The third-order valence-electron chi connectivity index (χ3n) is 2.53. The van der Waals surface area contributed by atoms with Gasteiger partial charge in [-0.15, -0.1) is 5.10 Å². The van der Waals surface area contributed by atoms with Gasteiger partial charge in [-0.3, -0.25) is 0 Å². The second-order valence-corrected chi connectivity index (χ2v) is 4.67. The number of anilines is 2. The molecule has 0 aliphatic heterocycles. The molecular formula is C12H15FN4S. The molecule has 0 spiro atoms. The van der Waals surface area contributed by atoms with Crippen molar-refractivity contribution >= 4 is 22.2 Å². The minimum atomic E-state index is -0.234. The quantitative estimate of drug-likeness (QED) is 0.903. The van der Waals surface area contributed by atoms with E-state index in [9.17, 15) is 4.39 Å². The first-order chi connectivity index (χ1) is 8.70. The van der Waals surface area contributed by atoms with E-state index < -0.39 is 0 Å². The summed E-state index contributed by atoms with van der Waals surface area (Å²) in [6, 6.07) is 6.51. The number of aromatic nitrogens is 2. The molecule has 4 nitrogen and oxygen atoms in total. The highest BCUT2D eigenvalue weighted by Crippen LogP contribution is 2.22. The van der Waals surface area contributed by atoms with Gasteiger partial charge >= 0.3 is 0 Å². The van der Waals surface area contributed by atoms with Gasteiger partial charge in [0.05, 0.1) is 6.54 Å². The Hall–Kier alpha value is -1.69. The monoisotopic (exact) mass is 266 g/mol. The van der Waals surface area contributed by atoms with E-state index in [2.05, 4.69) is 14.9 Å². The summed E-state index contributed by atoms with van der Waals surface area (Å²) in [5.41, 5.74) is 1.71. The average Bonchev–Trinajstić information content (AvgIpc) is 2.77. The number of nitrogens with zero attached hydrogens (tertiary/aromatic N) is 3. The van der Waals surface area contributed by atoms with Gasteiger partial charge in [0.15, 0.2) is 0 Å². The summed E-state index contributed by atoms with van der Waals surface area (Å²) < 4.78 is 17.1. The lowest BCUT2D eigenvalue weighted by Gasteiger charge is -2.18. The smallest absolute Gasteiger partial charge is 0.135 e. The molecule has 0 amide bonds. The highest BCUT2D eigenvalue weighted by Gasteiger charge is 2.10. The third-order valence-corrected chi connectivity index (χ3v) is 3.25.